The molecule has 102 valence electrons. The van der Waals surface area contributed by atoms with Crippen LogP contribution in [-0.2, 0) is 6.42 Å². The number of hydrogen-bond donors (Lipinski definition) is 1. The molecule has 0 aliphatic rings. The molecule has 1 heterocycles. The van der Waals surface area contributed by atoms with Crippen LogP contribution in [0.3, 0.4) is 0 Å². The monoisotopic (exact) mass is 258 g/mol. The Labute approximate surface area is 114 Å². The molecule has 0 aliphatic carbocycles. The summed E-state index contributed by atoms with van der Waals surface area (Å²) in [6.07, 6.45) is 0.886. The molecular formula is C16H22N2O. The molecule has 0 saturated heterocycles. The van der Waals surface area contributed by atoms with E-state index in [1.807, 2.05) is 12.1 Å². The van der Waals surface area contributed by atoms with Gasteiger partial charge in [-0.3, -0.25) is 4.98 Å². The van der Waals surface area contributed by atoms with Crippen LogP contribution in [0.5, 0.6) is 5.75 Å². The molecule has 2 N–H and O–H groups in total. The van der Waals surface area contributed by atoms with Gasteiger partial charge in [0, 0.05) is 17.1 Å². The Morgan fingerprint density at radius 2 is 2.00 bits per heavy atom. The summed E-state index contributed by atoms with van der Waals surface area (Å²) in [5.74, 6) is 0.842. The maximum atomic E-state index is 5.80. The van der Waals surface area contributed by atoms with Gasteiger partial charge in [-0.05, 0) is 49.1 Å². The number of aryl methyl sites for hydroxylation is 1. The molecule has 0 amide bonds. The molecule has 1 aromatic carbocycles. The van der Waals surface area contributed by atoms with E-state index in [4.69, 9.17) is 15.5 Å². The first kappa shape index (κ1) is 13.8. The molecule has 3 nitrogen and oxygen atoms in total. The summed E-state index contributed by atoms with van der Waals surface area (Å²) in [6.45, 7) is 7.11. The van der Waals surface area contributed by atoms with Crippen molar-refractivity contribution in [3.8, 4) is 5.75 Å². The van der Waals surface area contributed by atoms with E-state index in [2.05, 4.69) is 32.9 Å². The van der Waals surface area contributed by atoms with Crippen molar-refractivity contribution in [1.82, 2.24) is 4.98 Å². The third-order valence-electron chi connectivity index (χ3n) is 3.49. The molecule has 3 heteroatoms. The van der Waals surface area contributed by atoms with Crippen molar-refractivity contribution in [2.75, 3.05) is 13.7 Å². The fourth-order valence-electron chi connectivity index (χ4n) is 2.23. The Bertz CT molecular complexity index is 591. The van der Waals surface area contributed by atoms with Gasteiger partial charge in [0.1, 0.15) is 5.75 Å². The second kappa shape index (κ2) is 5.17. The second-order valence-corrected chi connectivity index (χ2v) is 5.86. The van der Waals surface area contributed by atoms with Crippen LogP contribution in [0, 0.1) is 12.3 Å². The number of benzene rings is 1. The zero-order valence-corrected chi connectivity index (χ0v) is 12.2. The van der Waals surface area contributed by atoms with Gasteiger partial charge in [-0.1, -0.05) is 13.8 Å². The van der Waals surface area contributed by atoms with Gasteiger partial charge in [0.25, 0.3) is 0 Å². The van der Waals surface area contributed by atoms with Crippen molar-refractivity contribution in [2.45, 2.75) is 27.2 Å². The molecule has 0 atom stereocenters. The largest absolute Gasteiger partial charge is 0.497 e. The summed E-state index contributed by atoms with van der Waals surface area (Å²) >= 11 is 0. The van der Waals surface area contributed by atoms with E-state index < -0.39 is 0 Å². The summed E-state index contributed by atoms with van der Waals surface area (Å²) in [7, 11) is 1.68. The van der Waals surface area contributed by atoms with Gasteiger partial charge in [-0.25, -0.2) is 0 Å². The fraction of sp³-hybridized carbons (Fsp3) is 0.438. The highest BCUT2D eigenvalue weighted by molar-refractivity contribution is 5.83. The highest BCUT2D eigenvalue weighted by Gasteiger charge is 2.17. The number of methoxy groups -OCH3 is 1. The third kappa shape index (κ3) is 3.04. The minimum absolute atomic E-state index is 0.0754. The molecule has 0 fully saturated rings. The van der Waals surface area contributed by atoms with E-state index in [-0.39, 0.29) is 5.41 Å². The summed E-state index contributed by atoms with van der Waals surface area (Å²) in [6, 6.07) is 8.18. The van der Waals surface area contributed by atoms with Crippen molar-refractivity contribution in [3.63, 3.8) is 0 Å². The van der Waals surface area contributed by atoms with Crippen LogP contribution in [0.25, 0.3) is 10.9 Å². The van der Waals surface area contributed by atoms with Crippen LogP contribution in [-0.4, -0.2) is 18.6 Å². The highest BCUT2D eigenvalue weighted by atomic mass is 16.5. The lowest BCUT2D eigenvalue weighted by atomic mass is 9.87. The smallest absolute Gasteiger partial charge is 0.121 e. The molecule has 0 spiro atoms. The Kier molecular flexibility index (Phi) is 3.76. The number of fused-ring (bicyclic) bond motifs is 1. The average Bonchev–Trinajstić information content (AvgIpc) is 2.37. The van der Waals surface area contributed by atoms with Gasteiger partial charge < -0.3 is 10.5 Å². The lowest BCUT2D eigenvalue weighted by Gasteiger charge is -2.22. The Morgan fingerprint density at radius 3 is 2.63 bits per heavy atom. The molecule has 0 radical (unpaired) electrons. The molecule has 1 aromatic heterocycles. The standard InChI is InChI=1S/C16H22N2O/c1-11-7-12(9-16(2,3)10-17)18-15-8-13(19-4)5-6-14(11)15/h5-8H,9-10,17H2,1-4H3. The number of rotatable bonds is 4. The third-order valence-corrected chi connectivity index (χ3v) is 3.49. The lowest BCUT2D eigenvalue weighted by Crippen LogP contribution is -2.26. The van der Waals surface area contributed by atoms with E-state index in [1.54, 1.807) is 7.11 Å². The topological polar surface area (TPSA) is 48.1 Å². The van der Waals surface area contributed by atoms with Crippen LogP contribution in [0.4, 0.5) is 0 Å². The zero-order valence-electron chi connectivity index (χ0n) is 12.2. The minimum atomic E-state index is 0.0754. The minimum Gasteiger partial charge on any atom is -0.497 e. The van der Waals surface area contributed by atoms with Crippen molar-refractivity contribution < 1.29 is 4.74 Å². The number of hydrogen-bond acceptors (Lipinski definition) is 3. The second-order valence-electron chi connectivity index (χ2n) is 5.86. The molecule has 2 aromatic rings. The predicted molar refractivity (Wildman–Crippen MR) is 79.6 cm³/mol. The van der Waals surface area contributed by atoms with Crippen LogP contribution in [0.2, 0.25) is 0 Å². The van der Waals surface area contributed by atoms with E-state index >= 15 is 0 Å². The SMILES string of the molecule is COc1ccc2c(C)cc(CC(C)(C)CN)nc2c1. The molecule has 0 saturated carbocycles. The van der Waals surface area contributed by atoms with Crippen LogP contribution in [0.15, 0.2) is 24.3 Å². The van der Waals surface area contributed by atoms with Gasteiger partial charge >= 0.3 is 0 Å². The maximum absolute atomic E-state index is 5.80. The Balaban J connectivity index is 2.47. The number of pyridine rings is 1. The van der Waals surface area contributed by atoms with E-state index in [0.29, 0.717) is 6.54 Å². The number of aromatic nitrogens is 1. The number of nitrogens with zero attached hydrogens (tertiary/aromatic N) is 1. The zero-order chi connectivity index (χ0) is 14.0. The molecular weight excluding hydrogens is 236 g/mol. The summed E-state index contributed by atoms with van der Waals surface area (Å²) < 4.78 is 5.26. The molecule has 0 bridgehead atoms. The van der Waals surface area contributed by atoms with Crippen LogP contribution in [0.1, 0.15) is 25.1 Å². The van der Waals surface area contributed by atoms with Crippen molar-refractivity contribution in [3.05, 3.63) is 35.5 Å². The first-order valence-corrected chi connectivity index (χ1v) is 6.59. The molecule has 19 heavy (non-hydrogen) atoms. The quantitative estimate of drug-likeness (QED) is 0.916. The Morgan fingerprint density at radius 1 is 1.26 bits per heavy atom. The predicted octanol–water partition coefficient (Wildman–Crippen LogP) is 3.08. The number of nitrogens with two attached hydrogens (primary N) is 1. The average molecular weight is 258 g/mol. The van der Waals surface area contributed by atoms with Crippen molar-refractivity contribution in [1.29, 1.82) is 0 Å². The molecule has 0 aliphatic heterocycles. The summed E-state index contributed by atoms with van der Waals surface area (Å²) in [5.41, 5.74) is 9.20. The first-order valence-electron chi connectivity index (χ1n) is 6.59. The van der Waals surface area contributed by atoms with E-state index in [0.717, 1.165) is 23.4 Å². The summed E-state index contributed by atoms with van der Waals surface area (Å²) in [4.78, 5) is 4.74. The normalized spacial score (nSPS) is 11.8. The summed E-state index contributed by atoms with van der Waals surface area (Å²) in [5, 5.41) is 1.18. The van der Waals surface area contributed by atoms with Gasteiger partial charge in [0.15, 0.2) is 0 Å². The van der Waals surface area contributed by atoms with Crippen molar-refractivity contribution >= 4 is 10.9 Å². The van der Waals surface area contributed by atoms with Gasteiger partial charge in [-0.2, -0.15) is 0 Å². The van der Waals surface area contributed by atoms with Crippen molar-refractivity contribution in [2.24, 2.45) is 11.1 Å². The number of ether oxygens (including phenoxy) is 1. The van der Waals surface area contributed by atoms with Crippen LogP contribution < -0.4 is 10.5 Å². The van der Waals surface area contributed by atoms with Gasteiger partial charge in [-0.15, -0.1) is 0 Å². The molecule has 0 unspecified atom stereocenters. The van der Waals surface area contributed by atoms with E-state index in [9.17, 15) is 0 Å². The first-order chi connectivity index (χ1) is 8.95. The van der Waals surface area contributed by atoms with Crippen LogP contribution >= 0.6 is 0 Å². The lowest BCUT2D eigenvalue weighted by molar-refractivity contribution is 0.373. The fourth-order valence-corrected chi connectivity index (χ4v) is 2.23. The highest BCUT2D eigenvalue weighted by Crippen LogP contribution is 2.25. The van der Waals surface area contributed by atoms with E-state index in [1.165, 1.54) is 10.9 Å². The maximum Gasteiger partial charge on any atom is 0.121 e. The Hall–Kier alpha value is -1.61. The molecule has 2 rings (SSSR count). The van der Waals surface area contributed by atoms with Gasteiger partial charge in [0.05, 0.1) is 12.6 Å². The van der Waals surface area contributed by atoms with Gasteiger partial charge in [0.2, 0.25) is 0 Å².